The molecular weight excluding hydrogens is 206 g/mol. The third-order valence-corrected chi connectivity index (χ3v) is 2.33. The maximum Gasteiger partial charge on any atom is 0.106 e. The lowest BCUT2D eigenvalue weighted by molar-refractivity contribution is 0.00828. The zero-order valence-corrected chi connectivity index (χ0v) is 7.54. The summed E-state index contributed by atoms with van der Waals surface area (Å²) >= 11 is 3.29. The van der Waals surface area contributed by atoms with Crippen molar-refractivity contribution in [3.05, 3.63) is 28.5 Å². The number of halogens is 1. The molecule has 0 unspecified atom stereocenters. The van der Waals surface area contributed by atoms with Crippen LogP contribution in [0.4, 0.5) is 0 Å². The van der Waals surface area contributed by atoms with Crippen LogP contribution < -0.4 is 0 Å². The van der Waals surface area contributed by atoms with Gasteiger partial charge in [-0.2, -0.15) is 0 Å². The van der Waals surface area contributed by atoms with Crippen LogP contribution in [0.5, 0.6) is 0 Å². The minimum Gasteiger partial charge on any atom is -0.380 e. The Hall–Kier alpha value is -0.410. The lowest BCUT2D eigenvalue weighted by Gasteiger charge is -2.25. The van der Waals surface area contributed by atoms with E-state index in [4.69, 9.17) is 4.74 Å². The number of rotatable bonds is 1. The number of nitrogens with zero attached hydrogens (tertiary/aromatic N) is 1. The Morgan fingerprint density at radius 2 is 2.27 bits per heavy atom. The summed E-state index contributed by atoms with van der Waals surface area (Å²) in [5.41, 5.74) is 1.28. The average Bonchev–Trinajstić information content (AvgIpc) is 1.90. The highest BCUT2D eigenvalue weighted by atomic mass is 79.9. The molecule has 2 heterocycles. The van der Waals surface area contributed by atoms with Gasteiger partial charge in [0.05, 0.1) is 13.2 Å². The van der Waals surface area contributed by atoms with Crippen molar-refractivity contribution in [2.75, 3.05) is 13.2 Å². The van der Waals surface area contributed by atoms with Gasteiger partial charge in [0.25, 0.3) is 0 Å². The molecule has 1 fully saturated rings. The van der Waals surface area contributed by atoms with Crippen molar-refractivity contribution < 1.29 is 4.74 Å². The Morgan fingerprint density at radius 3 is 2.73 bits per heavy atom. The first-order chi connectivity index (χ1) is 5.36. The molecule has 0 aromatic carbocycles. The highest BCUT2D eigenvalue weighted by Crippen LogP contribution is 2.23. The van der Waals surface area contributed by atoms with Gasteiger partial charge >= 0.3 is 0 Å². The molecule has 58 valence electrons. The highest BCUT2D eigenvalue weighted by Gasteiger charge is 2.20. The molecule has 11 heavy (non-hydrogen) atoms. The number of aromatic nitrogens is 1. The monoisotopic (exact) mass is 213 g/mol. The van der Waals surface area contributed by atoms with Crippen molar-refractivity contribution in [2.24, 2.45) is 0 Å². The fourth-order valence-corrected chi connectivity index (χ4v) is 1.29. The number of hydrogen-bond donors (Lipinski definition) is 0. The second-order valence-corrected chi connectivity index (χ2v) is 3.46. The smallest absolute Gasteiger partial charge is 0.106 e. The van der Waals surface area contributed by atoms with Gasteiger partial charge in [0.2, 0.25) is 0 Å². The minimum absolute atomic E-state index is 0.579. The standard InChI is InChI=1S/C8H8BrNO/c9-8-2-1-6(3-10-8)7-4-11-5-7/h1-3,7H,4-5H2. The quantitative estimate of drug-likeness (QED) is 0.666. The van der Waals surface area contributed by atoms with Gasteiger partial charge in [0.1, 0.15) is 4.60 Å². The maximum absolute atomic E-state index is 5.08. The summed E-state index contributed by atoms with van der Waals surface area (Å²) in [6, 6.07) is 4.05. The predicted octanol–water partition coefficient (Wildman–Crippen LogP) is 1.96. The van der Waals surface area contributed by atoms with E-state index in [-0.39, 0.29) is 0 Å². The van der Waals surface area contributed by atoms with Crippen molar-refractivity contribution in [1.82, 2.24) is 4.98 Å². The predicted molar refractivity (Wildman–Crippen MR) is 45.5 cm³/mol. The molecule has 3 heteroatoms. The van der Waals surface area contributed by atoms with Crippen LogP contribution in [0.3, 0.4) is 0 Å². The number of pyridine rings is 1. The fourth-order valence-electron chi connectivity index (χ4n) is 1.06. The molecule has 1 aromatic rings. The molecule has 1 aliphatic heterocycles. The van der Waals surface area contributed by atoms with Crippen LogP contribution >= 0.6 is 15.9 Å². The zero-order valence-electron chi connectivity index (χ0n) is 5.96. The van der Waals surface area contributed by atoms with E-state index in [0.29, 0.717) is 5.92 Å². The van der Waals surface area contributed by atoms with E-state index >= 15 is 0 Å². The Kier molecular flexibility index (Phi) is 1.92. The zero-order chi connectivity index (χ0) is 7.68. The van der Waals surface area contributed by atoms with Gasteiger partial charge in [-0.05, 0) is 27.6 Å². The Balaban J connectivity index is 2.18. The summed E-state index contributed by atoms with van der Waals surface area (Å²) in [7, 11) is 0. The second-order valence-electron chi connectivity index (χ2n) is 2.65. The number of ether oxygens (including phenoxy) is 1. The average molecular weight is 214 g/mol. The van der Waals surface area contributed by atoms with Gasteiger partial charge in [0.15, 0.2) is 0 Å². The molecule has 0 N–H and O–H groups in total. The summed E-state index contributed by atoms with van der Waals surface area (Å²) in [6.45, 7) is 1.70. The third-order valence-electron chi connectivity index (χ3n) is 1.86. The van der Waals surface area contributed by atoms with Gasteiger partial charge in [-0.15, -0.1) is 0 Å². The van der Waals surface area contributed by atoms with Crippen molar-refractivity contribution in [3.8, 4) is 0 Å². The SMILES string of the molecule is Brc1ccc(C2COC2)cn1. The lowest BCUT2D eigenvalue weighted by atomic mass is 10.00. The second kappa shape index (κ2) is 2.91. The van der Waals surface area contributed by atoms with Gasteiger partial charge in [-0.1, -0.05) is 6.07 Å². The molecule has 0 spiro atoms. The molecule has 1 saturated heterocycles. The van der Waals surface area contributed by atoms with Gasteiger partial charge in [-0.25, -0.2) is 4.98 Å². The van der Waals surface area contributed by atoms with Crippen LogP contribution in [0.2, 0.25) is 0 Å². The normalized spacial score (nSPS) is 17.9. The molecule has 0 radical (unpaired) electrons. The van der Waals surface area contributed by atoms with Crippen molar-refractivity contribution in [3.63, 3.8) is 0 Å². The molecule has 0 aliphatic carbocycles. The molecule has 0 amide bonds. The summed E-state index contributed by atoms with van der Waals surface area (Å²) in [5.74, 6) is 0.579. The van der Waals surface area contributed by atoms with E-state index in [0.717, 1.165) is 17.8 Å². The highest BCUT2D eigenvalue weighted by molar-refractivity contribution is 9.10. The molecule has 2 rings (SSSR count). The maximum atomic E-state index is 5.08. The number of hydrogen-bond acceptors (Lipinski definition) is 2. The Morgan fingerprint density at radius 1 is 1.45 bits per heavy atom. The molecule has 0 atom stereocenters. The van der Waals surface area contributed by atoms with Gasteiger partial charge in [-0.3, -0.25) is 0 Å². The summed E-state index contributed by atoms with van der Waals surface area (Å²) in [6.07, 6.45) is 1.90. The van der Waals surface area contributed by atoms with E-state index in [9.17, 15) is 0 Å². The lowest BCUT2D eigenvalue weighted by Crippen LogP contribution is -2.25. The topological polar surface area (TPSA) is 22.1 Å². The van der Waals surface area contributed by atoms with Gasteiger partial charge in [0, 0.05) is 12.1 Å². The van der Waals surface area contributed by atoms with Crippen LogP contribution in [0.1, 0.15) is 11.5 Å². The molecule has 1 aromatic heterocycles. The molecule has 0 bridgehead atoms. The fraction of sp³-hybridized carbons (Fsp3) is 0.375. The van der Waals surface area contributed by atoms with Crippen LogP contribution in [0, 0.1) is 0 Å². The molecular formula is C8H8BrNO. The summed E-state index contributed by atoms with van der Waals surface area (Å²) < 4.78 is 5.97. The van der Waals surface area contributed by atoms with E-state index in [2.05, 4.69) is 27.0 Å². The molecule has 0 saturated carbocycles. The first-order valence-electron chi connectivity index (χ1n) is 3.55. The first-order valence-corrected chi connectivity index (χ1v) is 4.35. The van der Waals surface area contributed by atoms with Crippen LogP contribution in [0.25, 0.3) is 0 Å². The van der Waals surface area contributed by atoms with Crippen molar-refractivity contribution >= 4 is 15.9 Å². The van der Waals surface area contributed by atoms with Crippen molar-refractivity contribution in [2.45, 2.75) is 5.92 Å². The summed E-state index contributed by atoms with van der Waals surface area (Å²) in [4.78, 5) is 4.14. The first kappa shape index (κ1) is 7.25. The van der Waals surface area contributed by atoms with Crippen LogP contribution in [-0.2, 0) is 4.74 Å². The van der Waals surface area contributed by atoms with Crippen LogP contribution in [-0.4, -0.2) is 18.2 Å². The van der Waals surface area contributed by atoms with E-state index in [1.807, 2.05) is 12.3 Å². The minimum atomic E-state index is 0.579. The third kappa shape index (κ3) is 1.44. The molecule has 2 nitrogen and oxygen atoms in total. The molecule has 1 aliphatic rings. The largest absolute Gasteiger partial charge is 0.380 e. The Labute approximate surface area is 73.7 Å². The van der Waals surface area contributed by atoms with E-state index in [1.54, 1.807) is 0 Å². The van der Waals surface area contributed by atoms with E-state index < -0.39 is 0 Å². The summed E-state index contributed by atoms with van der Waals surface area (Å²) in [5, 5.41) is 0. The van der Waals surface area contributed by atoms with Gasteiger partial charge < -0.3 is 4.74 Å². The van der Waals surface area contributed by atoms with Crippen molar-refractivity contribution in [1.29, 1.82) is 0 Å². The van der Waals surface area contributed by atoms with Crippen LogP contribution in [0.15, 0.2) is 22.9 Å². The van der Waals surface area contributed by atoms with E-state index in [1.165, 1.54) is 5.56 Å². The Bertz CT molecular complexity index is 243.